The lowest BCUT2D eigenvalue weighted by atomic mass is 9.85. The highest BCUT2D eigenvalue weighted by molar-refractivity contribution is 5.88. The first-order valence-electron chi connectivity index (χ1n) is 12.9. The SMILES string of the molecule is Cc1cn(C[C@@H]2CCC[C@H](Nc3cn[nH]c(=O)c3C(F)(F)F)C2)c(=O)c2cc(F)c(-c3ncc(C(F)(F)F)cn3)cc12. The van der Waals surface area contributed by atoms with Crippen LogP contribution in [0.25, 0.3) is 22.2 Å². The van der Waals surface area contributed by atoms with Gasteiger partial charge in [0.15, 0.2) is 5.82 Å². The van der Waals surface area contributed by atoms with Gasteiger partial charge >= 0.3 is 12.4 Å². The first kappa shape index (κ1) is 29.2. The van der Waals surface area contributed by atoms with Gasteiger partial charge in [0, 0.05) is 31.2 Å². The average Bonchev–Trinajstić information content (AvgIpc) is 2.90. The van der Waals surface area contributed by atoms with Crippen molar-refractivity contribution >= 4 is 16.5 Å². The number of pyridine rings is 1. The Balaban J connectivity index is 1.39. The Hall–Kier alpha value is -4.30. The quantitative estimate of drug-likeness (QED) is 0.287. The third-order valence-electron chi connectivity index (χ3n) is 7.33. The maximum Gasteiger partial charge on any atom is 0.423 e. The van der Waals surface area contributed by atoms with Crippen molar-refractivity contribution in [2.75, 3.05) is 5.32 Å². The number of nitrogens with zero attached hydrogens (tertiary/aromatic N) is 4. The van der Waals surface area contributed by atoms with Gasteiger partial charge in [0.1, 0.15) is 11.4 Å². The van der Waals surface area contributed by atoms with Gasteiger partial charge in [-0.1, -0.05) is 6.42 Å². The van der Waals surface area contributed by atoms with Crippen molar-refractivity contribution in [3.8, 4) is 11.4 Å². The average molecular weight is 597 g/mol. The number of halogens is 7. The number of rotatable bonds is 5. The highest BCUT2D eigenvalue weighted by atomic mass is 19.4. The predicted octanol–water partition coefficient (Wildman–Crippen LogP) is 5.70. The van der Waals surface area contributed by atoms with Crippen molar-refractivity contribution in [2.24, 2.45) is 5.92 Å². The van der Waals surface area contributed by atoms with Crippen LogP contribution in [-0.4, -0.2) is 30.8 Å². The summed E-state index contributed by atoms with van der Waals surface area (Å²) in [5, 5.41) is 8.50. The number of aromatic nitrogens is 5. The summed E-state index contributed by atoms with van der Waals surface area (Å²) in [6.45, 7) is 1.91. The minimum Gasteiger partial charge on any atom is -0.380 e. The number of alkyl halides is 6. The molecule has 2 atom stereocenters. The largest absolute Gasteiger partial charge is 0.423 e. The molecule has 4 aromatic rings. The lowest BCUT2D eigenvalue weighted by Crippen LogP contribution is -2.34. The molecule has 1 aliphatic carbocycles. The van der Waals surface area contributed by atoms with Crippen LogP contribution < -0.4 is 16.4 Å². The fraction of sp³-hybridized carbons (Fsp3) is 0.370. The van der Waals surface area contributed by atoms with Gasteiger partial charge in [0.2, 0.25) is 0 Å². The Kier molecular flexibility index (Phi) is 7.53. The van der Waals surface area contributed by atoms with Gasteiger partial charge in [0.05, 0.1) is 28.4 Å². The number of nitrogens with one attached hydrogen (secondary N) is 2. The Bertz CT molecular complexity index is 1750. The van der Waals surface area contributed by atoms with E-state index < -0.39 is 52.1 Å². The first-order chi connectivity index (χ1) is 19.7. The van der Waals surface area contributed by atoms with Gasteiger partial charge in [0.25, 0.3) is 11.1 Å². The summed E-state index contributed by atoms with van der Waals surface area (Å²) in [4.78, 5) is 32.4. The topological polar surface area (TPSA) is 106 Å². The van der Waals surface area contributed by atoms with E-state index in [4.69, 9.17) is 0 Å². The summed E-state index contributed by atoms with van der Waals surface area (Å²) in [7, 11) is 0. The summed E-state index contributed by atoms with van der Waals surface area (Å²) >= 11 is 0. The molecule has 0 unspecified atom stereocenters. The van der Waals surface area contributed by atoms with E-state index in [1.807, 2.05) is 0 Å². The molecule has 0 amide bonds. The smallest absolute Gasteiger partial charge is 0.380 e. The second kappa shape index (κ2) is 10.8. The van der Waals surface area contributed by atoms with Crippen LogP contribution in [0.1, 0.15) is 42.4 Å². The van der Waals surface area contributed by atoms with E-state index in [0.29, 0.717) is 49.0 Å². The molecule has 15 heteroatoms. The molecule has 5 rings (SSSR count). The number of hydrogen-bond acceptors (Lipinski definition) is 6. The van der Waals surface area contributed by atoms with Gasteiger partial charge in [-0.3, -0.25) is 9.59 Å². The fourth-order valence-corrected chi connectivity index (χ4v) is 5.39. The Labute approximate surface area is 232 Å². The minimum atomic E-state index is -4.88. The molecule has 0 spiro atoms. The predicted molar refractivity (Wildman–Crippen MR) is 138 cm³/mol. The zero-order chi connectivity index (χ0) is 30.4. The molecule has 1 saturated carbocycles. The van der Waals surface area contributed by atoms with E-state index >= 15 is 4.39 Å². The molecule has 3 heterocycles. The van der Waals surface area contributed by atoms with Crippen LogP contribution in [-0.2, 0) is 18.9 Å². The van der Waals surface area contributed by atoms with E-state index in [0.717, 1.165) is 12.3 Å². The lowest BCUT2D eigenvalue weighted by Gasteiger charge is -2.31. The van der Waals surface area contributed by atoms with E-state index in [1.165, 1.54) is 10.6 Å². The van der Waals surface area contributed by atoms with Crippen molar-refractivity contribution in [1.82, 2.24) is 24.7 Å². The number of fused-ring (bicyclic) bond motifs is 1. The molecule has 0 aliphatic heterocycles. The molecule has 1 fully saturated rings. The molecule has 0 bridgehead atoms. The van der Waals surface area contributed by atoms with Crippen LogP contribution in [0.2, 0.25) is 0 Å². The highest BCUT2D eigenvalue weighted by Gasteiger charge is 2.38. The van der Waals surface area contributed by atoms with Crippen molar-refractivity contribution < 1.29 is 30.7 Å². The number of aryl methyl sites for hydroxylation is 1. The first-order valence-corrected chi connectivity index (χ1v) is 12.9. The number of aromatic amines is 1. The normalized spacial score (nSPS) is 17.9. The molecular formula is C27H23F7N6O2. The van der Waals surface area contributed by atoms with Gasteiger partial charge in [-0.2, -0.15) is 31.4 Å². The summed E-state index contributed by atoms with van der Waals surface area (Å²) < 4.78 is 95.4. The van der Waals surface area contributed by atoms with Gasteiger partial charge in [-0.15, -0.1) is 0 Å². The Morgan fingerprint density at radius 3 is 2.38 bits per heavy atom. The maximum atomic E-state index is 15.1. The monoisotopic (exact) mass is 596 g/mol. The van der Waals surface area contributed by atoms with Gasteiger partial charge < -0.3 is 9.88 Å². The maximum absolute atomic E-state index is 15.1. The van der Waals surface area contributed by atoms with Crippen molar-refractivity contribution in [1.29, 1.82) is 0 Å². The molecule has 42 heavy (non-hydrogen) atoms. The standard InChI is InChI=1S/C27H23F7N6O2/c1-13-11-40(12-14-3-2-4-16(5-14)38-21-10-37-39-24(41)22(21)27(32,33)34)25(42)18-7-20(28)19(6-17(13)18)23-35-8-15(9-36-23)26(29,30)31/h6-11,14,16H,2-5,12H2,1H3,(H2,38,39,41)/t14-,16+/m1/s1. The van der Waals surface area contributed by atoms with Crippen LogP contribution in [0.4, 0.5) is 36.4 Å². The van der Waals surface area contributed by atoms with Crippen LogP contribution in [0, 0.1) is 18.7 Å². The van der Waals surface area contributed by atoms with Gasteiger partial charge in [-0.05, 0) is 55.2 Å². The molecule has 3 aromatic heterocycles. The highest BCUT2D eigenvalue weighted by Crippen LogP contribution is 2.35. The van der Waals surface area contributed by atoms with E-state index in [-0.39, 0.29) is 29.2 Å². The zero-order valence-electron chi connectivity index (χ0n) is 21.9. The Morgan fingerprint density at radius 2 is 1.71 bits per heavy atom. The molecule has 1 aliphatic rings. The van der Waals surface area contributed by atoms with E-state index in [9.17, 15) is 35.9 Å². The third-order valence-corrected chi connectivity index (χ3v) is 7.33. The lowest BCUT2D eigenvalue weighted by molar-refractivity contribution is -0.139. The summed E-state index contributed by atoms with van der Waals surface area (Å²) in [5.74, 6) is -1.26. The second-order valence-corrected chi connectivity index (χ2v) is 10.3. The summed E-state index contributed by atoms with van der Waals surface area (Å²) in [6.07, 6.45) is -3.61. The van der Waals surface area contributed by atoms with Crippen molar-refractivity contribution in [3.05, 3.63) is 80.1 Å². The number of anilines is 1. The molecule has 1 aromatic carbocycles. The molecule has 222 valence electrons. The van der Waals surface area contributed by atoms with Crippen LogP contribution >= 0.6 is 0 Å². The molecule has 0 radical (unpaired) electrons. The van der Waals surface area contributed by atoms with Crippen LogP contribution in [0.5, 0.6) is 0 Å². The molecular weight excluding hydrogens is 573 g/mol. The van der Waals surface area contributed by atoms with E-state index in [2.05, 4.69) is 20.4 Å². The number of hydrogen-bond donors (Lipinski definition) is 2. The Morgan fingerprint density at radius 1 is 1.00 bits per heavy atom. The van der Waals surface area contributed by atoms with E-state index in [1.54, 1.807) is 18.2 Å². The molecule has 8 nitrogen and oxygen atoms in total. The minimum absolute atomic E-state index is 0.0538. The zero-order valence-corrected chi connectivity index (χ0v) is 21.9. The second-order valence-electron chi connectivity index (χ2n) is 10.3. The summed E-state index contributed by atoms with van der Waals surface area (Å²) in [5.41, 5.74) is -4.27. The van der Waals surface area contributed by atoms with Crippen molar-refractivity contribution in [3.63, 3.8) is 0 Å². The van der Waals surface area contributed by atoms with Crippen LogP contribution in [0.3, 0.4) is 0 Å². The van der Waals surface area contributed by atoms with Crippen molar-refractivity contribution in [2.45, 2.75) is 57.5 Å². The summed E-state index contributed by atoms with van der Waals surface area (Å²) in [6, 6.07) is 1.92. The molecule has 2 N–H and O–H groups in total. The number of H-pyrrole nitrogens is 1. The molecule has 0 saturated heterocycles. The fourth-order valence-electron chi connectivity index (χ4n) is 5.39. The van der Waals surface area contributed by atoms with Gasteiger partial charge in [-0.25, -0.2) is 19.5 Å². The van der Waals surface area contributed by atoms with Crippen LogP contribution in [0.15, 0.2) is 46.5 Å². The third kappa shape index (κ3) is 5.85. The number of benzene rings is 1.